The number of nitrogens with one attached hydrogen (secondary N) is 1. The van der Waals surface area contributed by atoms with E-state index in [0.29, 0.717) is 6.20 Å². The van der Waals surface area contributed by atoms with E-state index in [1.165, 1.54) is 0 Å². The average Bonchev–Trinajstić information content (AvgIpc) is 2.46. The Balaban J connectivity index is 3.31. The van der Waals surface area contributed by atoms with E-state index in [2.05, 4.69) is 0 Å². The highest BCUT2D eigenvalue weighted by molar-refractivity contribution is 5.36. The second kappa shape index (κ2) is 4.00. The van der Waals surface area contributed by atoms with Gasteiger partial charge >= 0.3 is 12.4 Å². The Bertz CT molecular complexity index is 362. The summed E-state index contributed by atoms with van der Waals surface area (Å²) in [5.74, 6) is 0. The molecule has 0 saturated carbocycles. The molecule has 92 valence electrons. The van der Waals surface area contributed by atoms with Crippen LogP contribution in [-0.4, -0.2) is 11.5 Å². The van der Waals surface area contributed by atoms with Crippen molar-refractivity contribution in [3.63, 3.8) is 0 Å². The van der Waals surface area contributed by atoms with Crippen LogP contribution in [0.4, 0.5) is 26.3 Å². The zero-order valence-electron chi connectivity index (χ0n) is 7.84. The number of hydrogen-bond donors (Lipinski definition) is 2. The zero-order chi connectivity index (χ0) is 12.6. The van der Waals surface area contributed by atoms with Crippen LogP contribution < -0.4 is 5.73 Å². The van der Waals surface area contributed by atoms with E-state index in [1.807, 2.05) is 4.98 Å². The van der Waals surface area contributed by atoms with Crippen molar-refractivity contribution in [2.75, 3.05) is 6.54 Å². The van der Waals surface area contributed by atoms with Gasteiger partial charge in [-0.1, -0.05) is 0 Å². The van der Waals surface area contributed by atoms with Crippen LogP contribution in [-0.2, 0) is 18.8 Å². The van der Waals surface area contributed by atoms with Gasteiger partial charge in [0.1, 0.15) is 0 Å². The van der Waals surface area contributed by atoms with Crippen molar-refractivity contribution in [2.24, 2.45) is 5.73 Å². The van der Waals surface area contributed by atoms with Crippen LogP contribution >= 0.6 is 0 Å². The fraction of sp³-hybridized carbons (Fsp3) is 0.500. The van der Waals surface area contributed by atoms with Crippen LogP contribution in [0.2, 0.25) is 0 Å². The van der Waals surface area contributed by atoms with Gasteiger partial charge in [-0.15, -0.1) is 0 Å². The molecule has 0 bridgehead atoms. The van der Waals surface area contributed by atoms with Gasteiger partial charge in [0.05, 0.1) is 11.1 Å². The second-order valence-electron chi connectivity index (χ2n) is 3.09. The molecule has 0 atom stereocenters. The average molecular weight is 246 g/mol. The van der Waals surface area contributed by atoms with E-state index in [0.717, 1.165) is 0 Å². The fourth-order valence-electron chi connectivity index (χ4n) is 1.36. The van der Waals surface area contributed by atoms with Crippen LogP contribution in [0.25, 0.3) is 0 Å². The first-order valence-corrected chi connectivity index (χ1v) is 4.22. The Hall–Kier alpha value is -1.18. The minimum Gasteiger partial charge on any atom is -0.364 e. The van der Waals surface area contributed by atoms with Crippen molar-refractivity contribution in [3.8, 4) is 0 Å². The van der Waals surface area contributed by atoms with Crippen LogP contribution in [0, 0.1) is 0 Å². The van der Waals surface area contributed by atoms with Crippen LogP contribution in [0.15, 0.2) is 6.20 Å². The quantitative estimate of drug-likeness (QED) is 0.773. The molecule has 0 aliphatic heterocycles. The number of halogens is 6. The summed E-state index contributed by atoms with van der Waals surface area (Å²) in [4.78, 5) is 1.97. The molecule has 1 heterocycles. The van der Waals surface area contributed by atoms with Crippen molar-refractivity contribution in [2.45, 2.75) is 18.8 Å². The summed E-state index contributed by atoms with van der Waals surface area (Å²) in [6, 6.07) is 0. The SMILES string of the molecule is NCCc1[nH]cc(C(F)(F)F)c1C(F)(F)F. The highest BCUT2D eigenvalue weighted by atomic mass is 19.4. The number of rotatable bonds is 2. The van der Waals surface area contributed by atoms with E-state index in [9.17, 15) is 26.3 Å². The number of H-pyrrole nitrogens is 1. The smallest absolute Gasteiger partial charge is 0.364 e. The van der Waals surface area contributed by atoms with Crippen LogP contribution in [0.3, 0.4) is 0 Å². The van der Waals surface area contributed by atoms with Gasteiger partial charge in [0.2, 0.25) is 0 Å². The molecule has 0 spiro atoms. The highest BCUT2D eigenvalue weighted by Gasteiger charge is 2.45. The van der Waals surface area contributed by atoms with Crippen LogP contribution in [0.1, 0.15) is 16.8 Å². The minimum absolute atomic E-state index is 0.166. The van der Waals surface area contributed by atoms with Gasteiger partial charge in [-0.3, -0.25) is 0 Å². The molecule has 16 heavy (non-hydrogen) atoms. The number of nitrogens with two attached hydrogens (primary N) is 1. The van der Waals surface area contributed by atoms with Gasteiger partial charge in [-0.25, -0.2) is 0 Å². The molecule has 0 aliphatic rings. The third kappa shape index (κ3) is 2.49. The lowest BCUT2D eigenvalue weighted by atomic mass is 10.1. The van der Waals surface area contributed by atoms with Crippen LogP contribution in [0.5, 0.6) is 0 Å². The lowest BCUT2D eigenvalue weighted by Gasteiger charge is -2.12. The van der Waals surface area contributed by atoms with Gasteiger partial charge in [0, 0.05) is 18.3 Å². The minimum atomic E-state index is -5.05. The van der Waals surface area contributed by atoms with E-state index in [1.54, 1.807) is 0 Å². The van der Waals surface area contributed by atoms with Crippen molar-refractivity contribution in [1.29, 1.82) is 0 Å². The van der Waals surface area contributed by atoms with E-state index < -0.39 is 29.2 Å². The summed E-state index contributed by atoms with van der Waals surface area (Å²) in [7, 11) is 0. The summed E-state index contributed by atoms with van der Waals surface area (Å²) in [6.45, 7) is -0.166. The standard InChI is InChI=1S/C8H8F6N2/c9-7(10,11)4-3-16-5(1-2-15)6(4)8(12,13)14/h3,16H,1-2,15H2. The Morgan fingerprint density at radius 2 is 1.62 bits per heavy atom. The van der Waals surface area contributed by atoms with Gasteiger partial charge in [-0.2, -0.15) is 26.3 Å². The zero-order valence-corrected chi connectivity index (χ0v) is 7.84. The predicted molar refractivity (Wildman–Crippen MR) is 43.6 cm³/mol. The Morgan fingerprint density at radius 3 is 2.00 bits per heavy atom. The Labute approximate surface area is 86.4 Å². The van der Waals surface area contributed by atoms with E-state index >= 15 is 0 Å². The topological polar surface area (TPSA) is 41.8 Å². The first-order valence-electron chi connectivity index (χ1n) is 4.22. The van der Waals surface area contributed by atoms with Crippen molar-refractivity contribution in [1.82, 2.24) is 4.98 Å². The maximum atomic E-state index is 12.4. The third-order valence-electron chi connectivity index (χ3n) is 1.95. The molecule has 3 N–H and O–H groups in total. The molecule has 8 heteroatoms. The van der Waals surface area contributed by atoms with Gasteiger partial charge in [0.25, 0.3) is 0 Å². The lowest BCUT2D eigenvalue weighted by Crippen LogP contribution is -2.17. The molecule has 0 aromatic carbocycles. The normalized spacial score (nSPS) is 13.2. The van der Waals surface area contributed by atoms with Crippen molar-refractivity contribution < 1.29 is 26.3 Å². The first-order chi connectivity index (χ1) is 7.18. The molecule has 1 aromatic heterocycles. The third-order valence-corrected chi connectivity index (χ3v) is 1.95. The summed E-state index contributed by atoms with van der Waals surface area (Å²) >= 11 is 0. The highest BCUT2D eigenvalue weighted by Crippen LogP contribution is 2.42. The lowest BCUT2D eigenvalue weighted by molar-refractivity contribution is -0.161. The fourth-order valence-corrected chi connectivity index (χ4v) is 1.36. The maximum Gasteiger partial charge on any atom is 0.418 e. The second-order valence-corrected chi connectivity index (χ2v) is 3.09. The molecule has 1 rings (SSSR count). The number of hydrogen-bond acceptors (Lipinski definition) is 1. The van der Waals surface area contributed by atoms with Gasteiger partial charge in [-0.05, 0) is 6.54 Å². The summed E-state index contributed by atoms with van der Waals surface area (Å²) in [5.41, 5.74) is 1.10. The largest absolute Gasteiger partial charge is 0.418 e. The number of aromatic nitrogens is 1. The van der Waals surface area contributed by atoms with Gasteiger partial charge < -0.3 is 10.7 Å². The predicted octanol–water partition coefficient (Wildman–Crippen LogP) is 2.55. The molecule has 0 fully saturated rings. The van der Waals surface area contributed by atoms with E-state index in [-0.39, 0.29) is 13.0 Å². The molecule has 0 aliphatic carbocycles. The monoisotopic (exact) mass is 246 g/mol. The maximum absolute atomic E-state index is 12.4. The number of aromatic amines is 1. The summed E-state index contributed by atoms with van der Waals surface area (Å²) in [6.07, 6.45) is -10.1. The molecular weight excluding hydrogens is 238 g/mol. The van der Waals surface area contributed by atoms with Gasteiger partial charge in [0.15, 0.2) is 0 Å². The molecule has 0 radical (unpaired) electrons. The molecular formula is C8H8F6N2. The Kier molecular flexibility index (Phi) is 3.22. The number of alkyl halides is 6. The Morgan fingerprint density at radius 1 is 1.06 bits per heavy atom. The molecule has 0 amide bonds. The van der Waals surface area contributed by atoms with Crippen molar-refractivity contribution in [3.05, 3.63) is 23.0 Å². The molecule has 1 aromatic rings. The van der Waals surface area contributed by atoms with E-state index in [4.69, 9.17) is 5.73 Å². The summed E-state index contributed by atoms with van der Waals surface area (Å²) in [5, 5.41) is 0. The molecule has 2 nitrogen and oxygen atoms in total. The molecule has 0 unspecified atom stereocenters. The first kappa shape index (κ1) is 12.9. The van der Waals surface area contributed by atoms with Crippen molar-refractivity contribution >= 4 is 0 Å². The summed E-state index contributed by atoms with van der Waals surface area (Å²) < 4.78 is 74.1. The molecule has 0 saturated heterocycles.